The molecule has 1 unspecified atom stereocenters. The summed E-state index contributed by atoms with van der Waals surface area (Å²) in [7, 11) is 1.95. The lowest BCUT2D eigenvalue weighted by atomic mass is 9.94. The average molecular weight is 322 g/mol. The number of ether oxygens (including phenoxy) is 1. The Balaban J connectivity index is 2.50. The van der Waals surface area contributed by atoms with Crippen molar-refractivity contribution in [3.8, 4) is 5.75 Å². The normalized spacial score (nSPS) is 12.7. The molecule has 1 atom stereocenters. The van der Waals surface area contributed by atoms with Crippen LogP contribution in [0.5, 0.6) is 5.75 Å². The van der Waals surface area contributed by atoms with Gasteiger partial charge in [0.15, 0.2) is 0 Å². The third-order valence-corrected chi connectivity index (χ3v) is 4.00. The average Bonchev–Trinajstić information content (AvgIpc) is 2.85. The van der Waals surface area contributed by atoms with E-state index in [2.05, 4.69) is 25.0 Å². The molecule has 0 saturated carbocycles. The standard InChI is InChI=1S/C17H24ClN3O/c1-5-22-17-7-6-12(18)8-13(17)14(10-19)16-9-15(11(2)3)20-21(16)4/h6-9,11,14H,5,10,19H2,1-4H3. The molecule has 22 heavy (non-hydrogen) atoms. The zero-order chi connectivity index (χ0) is 16.3. The van der Waals surface area contributed by atoms with Crippen LogP contribution in [0.1, 0.15) is 49.6 Å². The van der Waals surface area contributed by atoms with Crippen LogP contribution in [0.2, 0.25) is 5.02 Å². The van der Waals surface area contributed by atoms with Gasteiger partial charge in [-0.1, -0.05) is 25.4 Å². The van der Waals surface area contributed by atoms with Gasteiger partial charge in [-0.15, -0.1) is 0 Å². The monoisotopic (exact) mass is 321 g/mol. The zero-order valence-corrected chi connectivity index (χ0v) is 14.4. The third kappa shape index (κ3) is 3.45. The maximum Gasteiger partial charge on any atom is 0.123 e. The first-order chi connectivity index (χ1) is 10.5. The molecule has 0 saturated heterocycles. The fourth-order valence-corrected chi connectivity index (χ4v) is 2.78. The van der Waals surface area contributed by atoms with Gasteiger partial charge in [0.05, 0.1) is 12.3 Å². The highest BCUT2D eigenvalue weighted by Crippen LogP contribution is 2.34. The number of nitrogens with two attached hydrogens (primary N) is 1. The summed E-state index contributed by atoms with van der Waals surface area (Å²) in [6.45, 7) is 7.31. The Hall–Kier alpha value is -1.52. The van der Waals surface area contributed by atoms with Crippen LogP contribution in [0, 0.1) is 0 Å². The predicted octanol–water partition coefficient (Wildman–Crippen LogP) is 3.69. The minimum atomic E-state index is 0.00486. The summed E-state index contributed by atoms with van der Waals surface area (Å²) in [4.78, 5) is 0. The van der Waals surface area contributed by atoms with E-state index in [0.717, 1.165) is 22.7 Å². The highest BCUT2D eigenvalue weighted by Gasteiger charge is 2.22. The Morgan fingerprint density at radius 3 is 2.59 bits per heavy atom. The molecular formula is C17H24ClN3O. The second kappa shape index (κ2) is 7.16. The molecule has 0 spiro atoms. The van der Waals surface area contributed by atoms with E-state index in [4.69, 9.17) is 22.1 Å². The van der Waals surface area contributed by atoms with Gasteiger partial charge in [-0.3, -0.25) is 4.68 Å². The van der Waals surface area contributed by atoms with Gasteiger partial charge in [-0.25, -0.2) is 0 Å². The molecule has 1 heterocycles. The molecule has 4 nitrogen and oxygen atoms in total. The van der Waals surface area contributed by atoms with Gasteiger partial charge in [0.2, 0.25) is 0 Å². The van der Waals surface area contributed by atoms with Crippen molar-refractivity contribution in [2.45, 2.75) is 32.6 Å². The van der Waals surface area contributed by atoms with Gasteiger partial charge in [-0.05, 0) is 37.1 Å². The lowest BCUT2D eigenvalue weighted by Gasteiger charge is -2.19. The highest BCUT2D eigenvalue weighted by molar-refractivity contribution is 6.30. The van der Waals surface area contributed by atoms with E-state index in [9.17, 15) is 0 Å². The van der Waals surface area contributed by atoms with Crippen molar-refractivity contribution < 1.29 is 4.74 Å². The molecule has 5 heteroatoms. The van der Waals surface area contributed by atoms with Crippen molar-refractivity contribution in [1.82, 2.24) is 9.78 Å². The van der Waals surface area contributed by atoms with Crippen molar-refractivity contribution in [3.05, 3.63) is 46.2 Å². The molecular weight excluding hydrogens is 298 g/mol. The smallest absolute Gasteiger partial charge is 0.123 e. The zero-order valence-electron chi connectivity index (χ0n) is 13.6. The molecule has 0 aliphatic heterocycles. The number of nitrogens with zero attached hydrogens (tertiary/aromatic N) is 2. The SMILES string of the molecule is CCOc1ccc(Cl)cc1C(CN)c1cc(C(C)C)nn1C. The van der Waals surface area contributed by atoms with Gasteiger partial charge in [-0.2, -0.15) is 5.10 Å². The van der Waals surface area contributed by atoms with Crippen molar-refractivity contribution in [2.75, 3.05) is 13.2 Å². The highest BCUT2D eigenvalue weighted by atomic mass is 35.5. The van der Waals surface area contributed by atoms with Gasteiger partial charge in [0.25, 0.3) is 0 Å². The third-order valence-electron chi connectivity index (χ3n) is 3.77. The topological polar surface area (TPSA) is 53.1 Å². The molecule has 0 amide bonds. The number of benzene rings is 1. The maximum absolute atomic E-state index is 6.18. The van der Waals surface area contributed by atoms with Gasteiger partial charge < -0.3 is 10.5 Å². The molecule has 2 aromatic rings. The van der Waals surface area contributed by atoms with Gasteiger partial charge >= 0.3 is 0 Å². The lowest BCUT2D eigenvalue weighted by Crippen LogP contribution is -2.18. The van der Waals surface area contributed by atoms with Crippen molar-refractivity contribution in [2.24, 2.45) is 12.8 Å². The predicted molar refractivity (Wildman–Crippen MR) is 90.8 cm³/mol. The molecule has 2 N–H and O–H groups in total. The summed E-state index contributed by atoms with van der Waals surface area (Å²) in [5.74, 6) is 1.21. The lowest BCUT2D eigenvalue weighted by molar-refractivity contribution is 0.335. The van der Waals surface area contributed by atoms with E-state index in [-0.39, 0.29) is 5.92 Å². The van der Waals surface area contributed by atoms with Crippen LogP contribution in [-0.2, 0) is 7.05 Å². The number of hydrogen-bond donors (Lipinski definition) is 1. The Kier molecular flexibility index (Phi) is 5.48. The van der Waals surface area contributed by atoms with E-state index in [1.165, 1.54) is 0 Å². The number of aryl methyl sites for hydroxylation is 1. The quantitative estimate of drug-likeness (QED) is 0.883. The van der Waals surface area contributed by atoms with Crippen molar-refractivity contribution in [1.29, 1.82) is 0 Å². The summed E-state index contributed by atoms with van der Waals surface area (Å²) >= 11 is 6.18. The van der Waals surface area contributed by atoms with Crippen LogP contribution in [0.4, 0.5) is 0 Å². The Bertz CT molecular complexity index is 637. The molecule has 0 bridgehead atoms. The molecule has 0 aliphatic rings. The summed E-state index contributed by atoms with van der Waals surface area (Å²) in [5, 5.41) is 5.27. The van der Waals surface area contributed by atoms with Crippen LogP contribution in [0.15, 0.2) is 24.3 Å². The van der Waals surface area contributed by atoms with Crippen LogP contribution in [0.3, 0.4) is 0 Å². The molecule has 0 radical (unpaired) electrons. The Labute approximate surface area is 137 Å². The number of hydrogen-bond acceptors (Lipinski definition) is 3. The first-order valence-electron chi connectivity index (χ1n) is 7.64. The maximum atomic E-state index is 6.18. The molecule has 1 aromatic heterocycles. The second-order valence-corrected chi connectivity index (χ2v) is 6.11. The van der Waals surface area contributed by atoms with Crippen LogP contribution in [0.25, 0.3) is 0 Å². The van der Waals surface area contributed by atoms with E-state index in [1.807, 2.05) is 36.9 Å². The molecule has 0 aliphatic carbocycles. The van der Waals surface area contributed by atoms with Crippen LogP contribution >= 0.6 is 11.6 Å². The fourth-order valence-electron chi connectivity index (χ4n) is 2.60. The second-order valence-electron chi connectivity index (χ2n) is 5.68. The minimum Gasteiger partial charge on any atom is -0.494 e. The van der Waals surface area contributed by atoms with E-state index >= 15 is 0 Å². The van der Waals surface area contributed by atoms with E-state index in [0.29, 0.717) is 24.1 Å². The summed E-state index contributed by atoms with van der Waals surface area (Å²) in [5.41, 5.74) is 9.22. The fraction of sp³-hybridized carbons (Fsp3) is 0.471. The van der Waals surface area contributed by atoms with Gasteiger partial charge in [0, 0.05) is 35.8 Å². The first-order valence-corrected chi connectivity index (χ1v) is 8.01. The summed E-state index contributed by atoms with van der Waals surface area (Å²) in [6.07, 6.45) is 0. The first kappa shape index (κ1) is 16.8. The molecule has 2 rings (SSSR count). The largest absolute Gasteiger partial charge is 0.494 e. The Morgan fingerprint density at radius 2 is 2.05 bits per heavy atom. The number of aromatic nitrogens is 2. The molecule has 120 valence electrons. The van der Waals surface area contributed by atoms with Crippen LogP contribution in [-0.4, -0.2) is 22.9 Å². The Morgan fingerprint density at radius 1 is 1.32 bits per heavy atom. The molecule has 1 aromatic carbocycles. The van der Waals surface area contributed by atoms with E-state index in [1.54, 1.807) is 0 Å². The van der Waals surface area contributed by atoms with E-state index < -0.39 is 0 Å². The van der Waals surface area contributed by atoms with Crippen molar-refractivity contribution in [3.63, 3.8) is 0 Å². The summed E-state index contributed by atoms with van der Waals surface area (Å²) in [6, 6.07) is 7.81. The van der Waals surface area contributed by atoms with Crippen molar-refractivity contribution >= 4 is 11.6 Å². The van der Waals surface area contributed by atoms with Gasteiger partial charge in [0.1, 0.15) is 5.75 Å². The number of halogens is 1. The minimum absolute atomic E-state index is 0.00486. The summed E-state index contributed by atoms with van der Waals surface area (Å²) < 4.78 is 7.65. The number of rotatable bonds is 6. The molecule has 0 fully saturated rings. The van der Waals surface area contributed by atoms with Crippen LogP contribution < -0.4 is 10.5 Å².